The maximum atomic E-state index is 12.1. The van der Waals surface area contributed by atoms with Crippen molar-refractivity contribution in [1.29, 1.82) is 0 Å². The zero-order valence-electron chi connectivity index (χ0n) is 13.5. The molecule has 0 aliphatic heterocycles. The topological polar surface area (TPSA) is 72.7 Å². The van der Waals surface area contributed by atoms with Gasteiger partial charge in [0.1, 0.15) is 0 Å². The molecule has 2 aromatic rings. The summed E-state index contributed by atoms with van der Waals surface area (Å²) in [7, 11) is 0. The molecule has 0 radical (unpaired) electrons. The van der Waals surface area contributed by atoms with E-state index in [2.05, 4.69) is 20.8 Å². The van der Waals surface area contributed by atoms with Crippen molar-refractivity contribution in [2.45, 2.75) is 52.0 Å². The molecule has 1 heterocycles. The molecule has 1 aliphatic carbocycles. The van der Waals surface area contributed by atoms with Crippen molar-refractivity contribution in [2.75, 3.05) is 0 Å². The quantitative estimate of drug-likeness (QED) is 0.920. The third-order valence-electron chi connectivity index (χ3n) is 4.46. The highest BCUT2D eigenvalue weighted by molar-refractivity contribution is 5.76. The number of amides is 1. The summed E-state index contributed by atoms with van der Waals surface area (Å²) in [5.74, 6) is 1.28. The first-order valence-corrected chi connectivity index (χ1v) is 8.33. The predicted molar refractivity (Wildman–Crippen MR) is 86.9 cm³/mol. The van der Waals surface area contributed by atoms with Crippen LogP contribution < -0.4 is 5.32 Å². The average molecular weight is 313 g/mol. The highest BCUT2D eigenvalue weighted by Crippen LogP contribution is 2.26. The van der Waals surface area contributed by atoms with Crippen LogP contribution in [0.1, 0.15) is 49.9 Å². The fourth-order valence-corrected chi connectivity index (χ4v) is 3.11. The average Bonchev–Trinajstić information content (AvgIpc) is 3.03. The fraction of sp³-hybridized carbons (Fsp3) is 0.529. The summed E-state index contributed by atoms with van der Waals surface area (Å²) in [4.78, 5) is 12.1. The SMILES string of the molecule is Cc1ccc(-n2nnnc2CNC(=O)CC2CCCCC2)cc1. The Morgan fingerprint density at radius 1 is 1.22 bits per heavy atom. The summed E-state index contributed by atoms with van der Waals surface area (Å²) < 4.78 is 1.67. The summed E-state index contributed by atoms with van der Waals surface area (Å²) in [6.45, 7) is 2.39. The number of nitrogens with zero attached hydrogens (tertiary/aromatic N) is 4. The van der Waals surface area contributed by atoms with E-state index in [1.54, 1.807) is 4.68 Å². The van der Waals surface area contributed by atoms with E-state index in [1.807, 2.05) is 31.2 Å². The van der Waals surface area contributed by atoms with Crippen molar-refractivity contribution in [3.8, 4) is 5.69 Å². The second-order valence-corrected chi connectivity index (χ2v) is 6.33. The zero-order chi connectivity index (χ0) is 16.1. The van der Waals surface area contributed by atoms with Crippen LogP contribution in [0.2, 0.25) is 0 Å². The summed E-state index contributed by atoms with van der Waals surface area (Å²) in [6.07, 6.45) is 6.78. The number of carbonyl (C=O) groups is 1. The smallest absolute Gasteiger partial charge is 0.220 e. The second-order valence-electron chi connectivity index (χ2n) is 6.33. The van der Waals surface area contributed by atoms with Crippen LogP contribution >= 0.6 is 0 Å². The predicted octanol–water partition coefficient (Wildman–Crippen LogP) is 2.56. The number of hydrogen-bond donors (Lipinski definition) is 1. The second kappa shape index (κ2) is 7.35. The summed E-state index contributed by atoms with van der Waals surface area (Å²) in [5.41, 5.74) is 2.08. The molecule has 1 fully saturated rings. The van der Waals surface area contributed by atoms with E-state index in [-0.39, 0.29) is 5.91 Å². The van der Waals surface area contributed by atoms with Gasteiger partial charge in [-0.2, -0.15) is 4.68 Å². The van der Waals surface area contributed by atoms with Crippen molar-refractivity contribution in [3.05, 3.63) is 35.7 Å². The van der Waals surface area contributed by atoms with Crippen molar-refractivity contribution < 1.29 is 4.79 Å². The van der Waals surface area contributed by atoms with Gasteiger partial charge >= 0.3 is 0 Å². The lowest BCUT2D eigenvalue weighted by Crippen LogP contribution is -2.27. The monoisotopic (exact) mass is 313 g/mol. The van der Waals surface area contributed by atoms with Crippen LogP contribution in [0.25, 0.3) is 5.69 Å². The Labute approximate surface area is 136 Å². The van der Waals surface area contributed by atoms with Gasteiger partial charge < -0.3 is 5.32 Å². The lowest BCUT2D eigenvalue weighted by atomic mass is 9.87. The molecule has 1 aromatic carbocycles. The Bertz CT molecular complexity index is 643. The molecular weight excluding hydrogens is 290 g/mol. The van der Waals surface area contributed by atoms with Gasteiger partial charge in [-0.25, -0.2) is 0 Å². The first kappa shape index (κ1) is 15.6. The molecule has 0 spiro atoms. The highest BCUT2D eigenvalue weighted by atomic mass is 16.1. The normalized spacial score (nSPS) is 15.5. The number of tetrazole rings is 1. The summed E-state index contributed by atoms with van der Waals surface area (Å²) in [6, 6.07) is 7.98. The number of hydrogen-bond acceptors (Lipinski definition) is 4. The Morgan fingerprint density at radius 3 is 2.70 bits per heavy atom. The molecule has 6 nitrogen and oxygen atoms in total. The number of benzene rings is 1. The Kier molecular flexibility index (Phi) is 5.00. The molecule has 0 atom stereocenters. The van der Waals surface area contributed by atoms with Crippen LogP contribution in [-0.4, -0.2) is 26.1 Å². The number of rotatable bonds is 5. The minimum Gasteiger partial charge on any atom is -0.349 e. The van der Waals surface area contributed by atoms with Gasteiger partial charge in [-0.15, -0.1) is 5.10 Å². The number of nitrogens with one attached hydrogen (secondary N) is 1. The molecule has 1 aromatic heterocycles. The Balaban J connectivity index is 1.57. The third kappa shape index (κ3) is 4.15. The number of aromatic nitrogens is 4. The minimum absolute atomic E-state index is 0.0929. The fourth-order valence-electron chi connectivity index (χ4n) is 3.11. The van der Waals surface area contributed by atoms with Crippen LogP contribution in [0.4, 0.5) is 0 Å². The van der Waals surface area contributed by atoms with Crippen LogP contribution in [0.5, 0.6) is 0 Å². The van der Waals surface area contributed by atoms with Gasteiger partial charge in [0.05, 0.1) is 12.2 Å². The minimum atomic E-state index is 0.0929. The van der Waals surface area contributed by atoms with Crippen LogP contribution in [0.15, 0.2) is 24.3 Å². The molecule has 1 aliphatic rings. The number of aryl methyl sites for hydroxylation is 1. The molecule has 1 saturated carbocycles. The van der Waals surface area contributed by atoms with Crippen LogP contribution in [-0.2, 0) is 11.3 Å². The molecule has 0 saturated heterocycles. The van der Waals surface area contributed by atoms with Crippen LogP contribution in [0, 0.1) is 12.8 Å². The van der Waals surface area contributed by atoms with Gasteiger partial charge in [0.25, 0.3) is 0 Å². The zero-order valence-corrected chi connectivity index (χ0v) is 13.5. The lowest BCUT2D eigenvalue weighted by Gasteiger charge is -2.20. The van der Waals surface area contributed by atoms with Gasteiger partial charge in [0, 0.05) is 6.42 Å². The maximum absolute atomic E-state index is 12.1. The van der Waals surface area contributed by atoms with E-state index in [4.69, 9.17) is 0 Å². The standard InChI is InChI=1S/C17H23N5O/c1-13-7-9-15(10-8-13)22-16(19-20-21-22)12-18-17(23)11-14-5-3-2-4-6-14/h7-10,14H,2-6,11-12H2,1H3,(H,18,23). The Morgan fingerprint density at radius 2 is 1.96 bits per heavy atom. The van der Waals surface area contributed by atoms with E-state index in [0.29, 0.717) is 24.7 Å². The molecule has 3 rings (SSSR count). The summed E-state index contributed by atoms with van der Waals surface area (Å²) >= 11 is 0. The first-order chi connectivity index (χ1) is 11.2. The Hall–Kier alpha value is -2.24. The van der Waals surface area contributed by atoms with E-state index in [9.17, 15) is 4.79 Å². The van der Waals surface area contributed by atoms with Crippen molar-refractivity contribution in [3.63, 3.8) is 0 Å². The molecule has 1 N–H and O–H groups in total. The summed E-state index contributed by atoms with van der Waals surface area (Å²) in [5, 5.41) is 14.7. The highest BCUT2D eigenvalue weighted by Gasteiger charge is 2.17. The largest absolute Gasteiger partial charge is 0.349 e. The lowest BCUT2D eigenvalue weighted by molar-refractivity contribution is -0.122. The van der Waals surface area contributed by atoms with E-state index >= 15 is 0 Å². The van der Waals surface area contributed by atoms with Gasteiger partial charge in [-0.1, -0.05) is 37.0 Å². The van der Waals surface area contributed by atoms with Crippen LogP contribution in [0.3, 0.4) is 0 Å². The molecule has 23 heavy (non-hydrogen) atoms. The van der Waals surface area contributed by atoms with Gasteiger partial charge in [-0.3, -0.25) is 4.79 Å². The van der Waals surface area contributed by atoms with E-state index < -0.39 is 0 Å². The molecule has 122 valence electrons. The molecule has 6 heteroatoms. The first-order valence-electron chi connectivity index (χ1n) is 8.33. The molecule has 0 bridgehead atoms. The molecular formula is C17H23N5O. The van der Waals surface area contributed by atoms with Gasteiger partial charge in [-0.05, 0) is 48.2 Å². The number of carbonyl (C=O) groups excluding carboxylic acids is 1. The van der Waals surface area contributed by atoms with Crippen molar-refractivity contribution in [2.24, 2.45) is 5.92 Å². The maximum Gasteiger partial charge on any atom is 0.220 e. The van der Waals surface area contributed by atoms with E-state index in [0.717, 1.165) is 5.69 Å². The van der Waals surface area contributed by atoms with Gasteiger partial charge in [0.15, 0.2) is 5.82 Å². The van der Waals surface area contributed by atoms with E-state index in [1.165, 1.54) is 37.7 Å². The molecule has 0 unspecified atom stereocenters. The molecule has 1 amide bonds. The third-order valence-corrected chi connectivity index (χ3v) is 4.46. The van der Waals surface area contributed by atoms with Gasteiger partial charge in [0.2, 0.25) is 5.91 Å². The van der Waals surface area contributed by atoms with Crippen molar-refractivity contribution >= 4 is 5.91 Å². The van der Waals surface area contributed by atoms with Crippen molar-refractivity contribution in [1.82, 2.24) is 25.5 Å².